The van der Waals surface area contributed by atoms with Crippen LogP contribution in [0.25, 0.3) is 5.57 Å². The summed E-state index contributed by atoms with van der Waals surface area (Å²) in [5, 5.41) is 8.70. The van der Waals surface area contributed by atoms with Crippen LogP contribution in [-0.4, -0.2) is 6.21 Å². The molecule has 0 spiro atoms. The van der Waals surface area contributed by atoms with Crippen LogP contribution >= 0.6 is 0 Å². The predicted octanol–water partition coefficient (Wildman–Crippen LogP) is 2.37. The maximum atomic E-state index is 8.70. The summed E-state index contributed by atoms with van der Waals surface area (Å²) in [6.45, 7) is 0. The molecule has 13 heavy (non-hydrogen) atoms. The molecule has 0 N–H and O–H groups in total. The van der Waals surface area contributed by atoms with Crippen molar-refractivity contribution >= 4 is 11.8 Å². The van der Waals surface area contributed by atoms with Gasteiger partial charge in [0.25, 0.3) is 0 Å². The molecule has 2 rings (SSSR count). The van der Waals surface area contributed by atoms with Gasteiger partial charge >= 0.3 is 0 Å². The van der Waals surface area contributed by atoms with E-state index in [1.54, 1.807) is 6.07 Å². The lowest BCUT2D eigenvalue weighted by Crippen LogP contribution is -1.83. The first-order valence-electron chi connectivity index (χ1n) is 4.11. The predicted molar refractivity (Wildman–Crippen MR) is 52.2 cm³/mol. The fourth-order valence-corrected chi connectivity index (χ4v) is 1.33. The molecule has 0 amide bonds. The fourth-order valence-electron chi connectivity index (χ4n) is 1.33. The monoisotopic (exact) mass is 168 g/mol. The molecule has 0 saturated heterocycles. The van der Waals surface area contributed by atoms with Crippen molar-refractivity contribution < 1.29 is 0 Å². The van der Waals surface area contributed by atoms with Crippen LogP contribution in [0.3, 0.4) is 0 Å². The molecule has 1 aromatic carbocycles. The summed E-state index contributed by atoms with van der Waals surface area (Å²) in [6, 6.07) is 9.71. The molecule has 1 aliphatic heterocycles. The zero-order valence-electron chi connectivity index (χ0n) is 7.07. The van der Waals surface area contributed by atoms with Crippen LogP contribution in [0.1, 0.15) is 17.5 Å². The van der Waals surface area contributed by atoms with Gasteiger partial charge in [-0.1, -0.05) is 12.1 Å². The van der Waals surface area contributed by atoms with Crippen LogP contribution in [0.4, 0.5) is 0 Å². The summed E-state index contributed by atoms with van der Waals surface area (Å²) in [6.07, 6.45) is 4.58. The molecule has 0 unspecified atom stereocenters. The summed E-state index contributed by atoms with van der Waals surface area (Å²) in [7, 11) is 0. The summed E-state index contributed by atoms with van der Waals surface area (Å²) < 4.78 is 0. The molecule has 0 atom stereocenters. The van der Waals surface area contributed by atoms with E-state index in [1.165, 1.54) is 5.57 Å². The lowest BCUT2D eigenvalue weighted by Gasteiger charge is -2.00. The van der Waals surface area contributed by atoms with E-state index >= 15 is 0 Å². The van der Waals surface area contributed by atoms with Crippen molar-refractivity contribution in [1.82, 2.24) is 0 Å². The second kappa shape index (κ2) is 3.24. The van der Waals surface area contributed by atoms with Crippen molar-refractivity contribution in [2.45, 2.75) is 6.42 Å². The van der Waals surface area contributed by atoms with E-state index in [-0.39, 0.29) is 0 Å². The van der Waals surface area contributed by atoms with E-state index in [1.807, 2.05) is 30.6 Å². The van der Waals surface area contributed by atoms with E-state index in [9.17, 15) is 0 Å². The van der Waals surface area contributed by atoms with Crippen LogP contribution in [0.5, 0.6) is 0 Å². The summed E-state index contributed by atoms with van der Waals surface area (Å²) in [5.41, 5.74) is 2.97. The molecule has 1 heterocycles. The Labute approximate surface area is 76.8 Å². The molecule has 62 valence electrons. The highest BCUT2D eigenvalue weighted by molar-refractivity contribution is 5.84. The highest BCUT2D eigenvalue weighted by atomic mass is 14.7. The third-order valence-electron chi connectivity index (χ3n) is 2.01. The first kappa shape index (κ1) is 7.75. The van der Waals surface area contributed by atoms with E-state index in [0.29, 0.717) is 5.56 Å². The molecule has 0 bridgehead atoms. The number of benzene rings is 1. The first-order chi connectivity index (χ1) is 6.40. The SMILES string of the molecule is N#Cc1cccc(C2=CN=CC2)c1. The molecule has 1 aromatic rings. The number of nitriles is 1. The maximum Gasteiger partial charge on any atom is 0.0991 e. The molecular weight excluding hydrogens is 160 g/mol. The summed E-state index contributed by atoms with van der Waals surface area (Å²) in [5.74, 6) is 0. The van der Waals surface area contributed by atoms with Crippen LogP contribution < -0.4 is 0 Å². The number of rotatable bonds is 1. The Hall–Kier alpha value is -1.88. The Morgan fingerprint density at radius 3 is 3.00 bits per heavy atom. The molecule has 0 saturated carbocycles. The van der Waals surface area contributed by atoms with Crippen molar-refractivity contribution in [1.29, 1.82) is 5.26 Å². The van der Waals surface area contributed by atoms with Crippen molar-refractivity contribution in [3.63, 3.8) is 0 Å². The third-order valence-corrected chi connectivity index (χ3v) is 2.01. The third kappa shape index (κ3) is 1.50. The first-order valence-corrected chi connectivity index (χ1v) is 4.11. The van der Waals surface area contributed by atoms with Gasteiger partial charge in [-0.25, -0.2) is 0 Å². The van der Waals surface area contributed by atoms with Crippen LogP contribution in [0.15, 0.2) is 35.5 Å². The van der Waals surface area contributed by atoms with Crippen molar-refractivity contribution in [3.05, 3.63) is 41.6 Å². The van der Waals surface area contributed by atoms with Gasteiger partial charge in [0, 0.05) is 18.8 Å². The summed E-state index contributed by atoms with van der Waals surface area (Å²) >= 11 is 0. The van der Waals surface area contributed by atoms with Gasteiger partial charge in [-0.2, -0.15) is 5.26 Å². The lowest BCUT2D eigenvalue weighted by atomic mass is 10.0. The van der Waals surface area contributed by atoms with Gasteiger partial charge in [0.15, 0.2) is 0 Å². The van der Waals surface area contributed by atoms with Gasteiger partial charge in [-0.15, -0.1) is 0 Å². The van der Waals surface area contributed by atoms with Gasteiger partial charge in [0.2, 0.25) is 0 Å². The minimum Gasteiger partial charge on any atom is -0.268 e. The van der Waals surface area contributed by atoms with Gasteiger partial charge in [-0.3, -0.25) is 4.99 Å². The topological polar surface area (TPSA) is 36.1 Å². The minimum absolute atomic E-state index is 0.699. The van der Waals surface area contributed by atoms with Crippen LogP contribution in [0.2, 0.25) is 0 Å². The largest absolute Gasteiger partial charge is 0.268 e. The van der Waals surface area contributed by atoms with Gasteiger partial charge in [0.1, 0.15) is 0 Å². The Kier molecular flexibility index (Phi) is 1.93. The van der Waals surface area contributed by atoms with Crippen molar-refractivity contribution in [3.8, 4) is 6.07 Å². The highest BCUT2D eigenvalue weighted by Crippen LogP contribution is 2.21. The number of hydrogen-bond donors (Lipinski definition) is 0. The van der Waals surface area contributed by atoms with E-state index < -0.39 is 0 Å². The Balaban J connectivity index is 2.37. The highest BCUT2D eigenvalue weighted by Gasteiger charge is 2.03. The van der Waals surface area contributed by atoms with Gasteiger partial charge < -0.3 is 0 Å². The molecule has 1 aliphatic rings. The van der Waals surface area contributed by atoms with Gasteiger partial charge in [-0.05, 0) is 23.3 Å². The number of allylic oxidation sites excluding steroid dienone is 1. The standard InChI is InChI=1S/C11H8N2/c12-7-9-2-1-3-10(6-9)11-4-5-13-8-11/h1-3,5-6,8H,4H2. The van der Waals surface area contributed by atoms with E-state index in [0.717, 1.165) is 12.0 Å². The van der Waals surface area contributed by atoms with Crippen LogP contribution in [0, 0.1) is 11.3 Å². The maximum absolute atomic E-state index is 8.70. The Morgan fingerprint density at radius 1 is 1.38 bits per heavy atom. The number of nitrogens with zero attached hydrogens (tertiary/aromatic N) is 2. The second-order valence-electron chi connectivity index (χ2n) is 2.88. The average Bonchev–Trinajstić information content (AvgIpc) is 2.71. The molecular formula is C11H8N2. The second-order valence-corrected chi connectivity index (χ2v) is 2.88. The van der Waals surface area contributed by atoms with Crippen LogP contribution in [-0.2, 0) is 0 Å². The van der Waals surface area contributed by atoms with E-state index in [4.69, 9.17) is 5.26 Å². The molecule has 0 aliphatic carbocycles. The number of aliphatic imine (C=N–C) groups is 1. The molecule has 0 fully saturated rings. The Bertz CT molecular complexity index is 422. The molecule has 2 heteroatoms. The van der Waals surface area contributed by atoms with Crippen molar-refractivity contribution in [2.75, 3.05) is 0 Å². The molecule has 0 radical (unpaired) electrons. The average molecular weight is 168 g/mol. The van der Waals surface area contributed by atoms with Gasteiger partial charge in [0.05, 0.1) is 11.6 Å². The summed E-state index contributed by atoms with van der Waals surface area (Å²) in [4.78, 5) is 4.03. The molecule has 0 aromatic heterocycles. The van der Waals surface area contributed by atoms with E-state index in [2.05, 4.69) is 11.1 Å². The number of hydrogen-bond acceptors (Lipinski definition) is 2. The minimum atomic E-state index is 0.699. The normalized spacial score (nSPS) is 13.9. The quantitative estimate of drug-likeness (QED) is 0.634. The smallest absolute Gasteiger partial charge is 0.0991 e. The zero-order valence-corrected chi connectivity index (χ0v) is 7.07. The zero-order chi connectivity index (χ0) is 9.10. The lowest BCUT2D eigenvalue weighted by molar-refractivity contribution is 1.45. The molecule has 2 nitrogen and oxygen atoms in total. The fraction of sp³-hybridized carbons (Fsp3) is 0.0909. The Morgan fingerprint density at radius 2 is 2.31 bits per heavy atom. The van der Waals surface area contributed by atoms with Crippen molar-refractivity contribution in [2.24, 2.45) is 4.99 Å².